The lowest BCUT2D eigenvalue weighted by atomic mass is 9.93. The van der Waals surface area contributed by atoms with Crippen LogP contribution in [0.15, 0.2) is 9.98 Å². The topological polar surface area (TPSA) is 24.7 Å². The fourth-order valence-electron chi connectivity index (χ4n) is 1.64. The van der Waals surface area contributed by atoms with Crippen LogP contribution in [0.5, 0.6) is 0 Å². The van der Waals surface area contributed by atoms with Gasteiger partial charge in [0, 0.05) is 18.7 Å². The second kappa shape index (κ2) is 2.52. The summed E-state index contributed by atoms with van der Waals surface area (Å²) >= 11 is 0. The first-order valence-electron chi connectivity index (χ1n) is 4.04. The SMILES string of the molecule is C1=NC2=NCCCC2CC1. The highest BCUT2D eigenvalue weighted by Crippen LogP contribution is 2.22. The minimum atomic E-state index is 0.707. The van der Waals surface area contributed by atoms with E-state index in [1.165, 1.54) is 19.3 Å². The molecule has 0 saturated carbocycles. The van der Waals surface area contributed by atoms with Gasteiger partial charge in [-0.15, -0.1) is 0 Å². The molecule has 0 aromatic rings. The molecule has 2 heterocycles. The summed E-state index contributed by atoms with van der Waals surface area (Å²) in [5.74, 6) is 1.83. The van der Waals surface area contributed by atoms with Crippen molar-refractivity contribution in [2.75, 3.05) is 6.54 Å². The summed E-state index contributed by atoms with van der Waals surface area (Å²) in [7, 11) is 0. The predicted octanol–water partition coefficient (Wildman–Crippen LogP) is 1.66. The fraction of sp³-hybridized carbons (Fsp3) is 0.750. The Kier molecular flexibility index (Phi) is 1.53. The molecule has 0 amide bonds. The molecule has 0 aliphatic carbocycles. The molecule has 0 aromatic heterocycles. The molecule has 2 aliphatic heterocycles. The molecule has 0 N–H and O–H groups in total. The van der Waals surface area contributed by atoms with Crippen LogP contribution in [0.25, 0.3) is 0 Å². The van der Waals surface area contributed by atoms with Gasteiger partial charge in [-0.3, -0.25) is 4.99 Å². The zero-order chi connectivity index (χ0) is 6.81. The summed E-state index contributed by atoms with van der Waals surface area (Å²) in [6.07, 6.45) is 7.02. The van der Waals surface area contributed by atoms with E-state index in [4.69, 9.17) is 0 Å². The van der Waals surface area contributed by atoms with E-state index in [9.17, 15) is 0 Å². The van der Waals surface area contributed by atoms with Crippen molar-refractivity contribution in [3.63, 3.8) is 0 Å². The zero-order valence-corrected chi connectivity index (χ0v) is 6.08. The summed E-state index contributed by atoms with van der Waals surface area (Å²) < 4.78 is 0. The normalized spacial score (nSPS) is 31.2. The van der Waals surface area contributed by atoms with Crippen LogP contribution in [0.3, 0.4) is 0 Å². The number of nitrogens with zero attached hydrogens (tertiary/aromatic N) is 2. The van der Waals surface area contributed by atoms with Crippen molar-refractivity contribution < 1.29 is 0 Å². The van der Waals surface area contributed by atoms with Crippen molar-refractivity contribution in [1.29, 1.82) is 0 Å². The maximum Gasteiger partial charge on any atom is 0.125 e. The van der Waals surface area contributed by atoms with Gasteiger partial charge in [0.05, 0.1) is 0 Å². The number of hydrogen-bond donors (Lipinski definition) is 0. The van der Waals surface area contributed by atoms with E-state index in [1.54, 1.807) is 0 Å². The molecule has 2 aliphatic rings. The Morgan fingerprint density at radius 2 is 2.40 bits per heavy atom. The van der Waals surface area contributed by atoms with E-state index in [0.717, 1.165) is 18.8 Å². The van der Waals surface area contributed by atoms with Gasteiger partial charge in [-0.25, -0.2) is 4.99 Å². The Morgan fingerprint density at radius 1 is 1.40 bits per heavy atom. The third-order valence-electron chi connectivity index (χ3n) is 2.22. The quantitative estimate of drug-likeness (QED) is 0.484. The molecule has 0 radical (unpaired) electrons. The molecule has 54 valence electrons. The van der Waals surface area contributed by atoms with Crippen LogP contribution in [-0.2, 0) is 0 Å². The van der Waals surface area contributed by atoms with Crippen LogP contribution in [0, 0.1) is 5.92 Å². The molecule has 0 spiro atoms. The Balaban J connectivity index is 2.21. The maximum atomic E-state index is 4.37. The molecule has 2 rings (SSSR count). The largest absolute Gasteiger partial charge is 0.270 e. The second-order valence-electron chi connectivity index (χ2n) is 2.97. The first kappa shape index (κ1) is 6.08. The lowest BCUT2D eigenvalue weighted by molar-refractivity contribution is 0.532. The molecule has 0 fully saturated rings. The lowest BCUT2D eigenvalue weighted by Gasteiger charge is -2.22. The average molecular weight is 136 g/mol. The van der Waals surface area contributed by atoms with Gasteiger partial charge in [0.2, 0.25) is 0 Å². The van der Waals surface area contributed by atoms with E-state index in [2.05, 4.69) is 9.98 Å². The summed E-state index contributed by atoms with van der Waals surface area (Å²) in [5, 5.41) is 0. The highest BCUT2D eigenvalue weighted by atomic mass is 14.9. The molecule has 2 heteroatoms. The monoisotopic (exact) mass is 136 g/mol. The molecular weight excluding hydrogens is 124 g/mol. The van der Waals surface area contributed by atoms with Gasteiger partial charge < -0.3 is 0 Å². The van der Waals surface area contributed by atoms with E-state index in [1.807, 2.05) is 6.21 Å². The molecule has 1 unspecified atom stereocenters. The average Bonchev–Trinajstić information content (AvgIpc) is 2.05. The number of amidine groups is 1. The molecule has 0 aromatic carbocycles. The van der Waals surface area contributed by atoms with E-state index < -0.39 is 0 Å². The number of hydrogen-bond acceptors (Lipinski definition) is 2. The predicted molar refractivity (Wildman–Crippen MR) is 42.8 cm³/mol. The zero-order valence-electron chi connectivity index (χ0n) is 6.08. The Hall–Kier alpha value is -0.660. The number of aliphatic imine (C=N–C) groups is 2. The van der Waals surface area contributed by atoms with Crippen molar-refractivity contribution in [1.82, 2.24) is 0 Å². The van der Waals surface area contributed by atoms with Crippen LogP contribution in [0.2, 0.25) is 0 Å². The summed E-state index contributed by atoms with van der Waals surface area (Å²) in [6, 6.07) is 0. The van der Waals surface area contributed by atoms with Crippen molar-refractivity contribution >= 4 is 12.1 Å². The molecule has 0 saturated heterocycles. The van der Waals surface area contributed by atoms with Gasteiger partial charge in [-0.05, 0) is 25.7 Å². The van der Waals surface area contributed by atoms with Crippen LogP contribution in [0.1, 0.15) is 25.7 Å². The van der Waals surface area contributed by atoms with Crippen LogP contribution >= 0.6 is 0 Å². The second-order valence-corrected chi connectivity index (χ2v) is 2.97. The van der Waals surface area contributed by atoms with E-state index >= 15 is 0 Å². The van der Waals surface area contributed by atoms with Gasteiger partial charge in [0.1, 0.15) is 5.84 Å². The summed E-state index contributed by atoms with van der Waals surface area (Å²) in [5.41, 5.74) is 0. The van der Waals surface area contributed by atoms with E-state index in [-0.39, 0.29) is 0 Å². The van der Waals surface area contributed by atoms with Crippen LogP contribution in [0.4, 0.5) is 0 Å². The number of fused-ring (bicyclic) bond motifs is 1. The number of rotatable bonds is 0. The minimum absolute atomic E-state index is 0.707. The standard InChI is InChI=1S/C8H12N2/c1-3-7-4-2-6-10-8(7)9-5-1/h5,7H,1-4,6H2. The molecule has 0 bridgehead atoms. The van der Waals surface area contributed by atoms with Gasteiger partial charge in [-0.1, -0.05) is 0 Å². The fourth-order valence-corrected chi connectivity index (χ4v) is 1.64. The first-order valence-corrected chi connectivity index (χ1v) is 4.04. The Labute approximate surface area is 61.1 Å². The van der Waals surface area contributed by atoms with Crippen LogP contribution in [-0.4, -0.2) is 18.6 Å². The van der Waals surface area contributed by atoms with Crippen LogP contribution < -0.4 is 0 Å². The summed E-state index contributed by atoms with van der Waals surface area (Å²) in [6.45, 7) is 1.00. The van der Waals surface area contributed by atoms with E-state index in [0.29, 0.717) is 5.92 Å². The Morgan fingerprint density at radius 3 is 3.30 bits per heavy atom. The molecule has 2 nitrogen and oxygen atoms in total. The minimum Gasteiger partial charge on any atom is -0.270 e. The third-order valence-corrected chi connectivity index (χ3v) is 2.22. The highest BCUT2D eigenvalue weighted by molar-refractivity contribution is 5.93. The third kappa shape index (κ3) is 0.981. The van der Waals surface area contributed by atoms with Gasteiger partial charge in [0.25, 0.3) is 0 Å². The molecule has 1 atom stereocenters. The van der Waals surface area contributed by atoms with Crippen molar-refractivity contribution in [2.45, 2.75) is 25.7 Å². The maximum absolute atomic E-state index is 4.37. The lowest BCUT2D eigenvalue weighted by Crippen LogP contribution is -2.21. The van der Waals surface area contributed by atoms with Gasteiger partial charge in [0.15, 0.2) is 0 Å². The highest BCUT2D eigenvalue weighted by Gasteiger charge is 2.19. The first-order chi connectivity index (χ1) is 4.97. The Bertz CT molecular complexity index is 182. The molecule has 10 heavy (non-hydrogen) atoms. The summed E-state index contributed by atoms with van der Waals surface area (Å²) in [4.78, 5) is 8.65. The van der Waals surface area contributed by atoms with Crippen molar-refractivity contribution in [2.24, 2.45) is 15.9 Å². The van der Waals surface area contributed by atoms with Crippen molar-refractivity contribution in [3.8, 4) is 0 Å². The van der Waals surface area contributed by atoms with Gasteiger partial charge >= 0.3 is 0 Å². The molecular formula is C8H12N2. The smallest absolute Gasteiger partial charge is 0.125 e. The van der Waals surface area contributed by atoms with Gasteiger partial charge in [-0.2, -0.15) is 0 Å². The van der Waals surface area contributed by atoms with Crippen molar-refractivity contribution in [3.05, 3.63) is 0 Å².